The lowest BCUT2D eigenvalue weighted by Gasteiger charge is -2.22. The summed E-state index contributed by atoms with van der Waals surface area (Å²) in [5, 5.41) is 6.08. The predicted octanol–water partition coefficient (Wildman–Crippen LogP) is 2.23. The SMILES string of the molecule is CN=C(NCCC(=O)NC(C)C)N(C)Cc1ccccc1.I. The van der Waals surface area contributed by atoms with E-state index >= 15 is 0 Å². The summed E-state index contributed by atoms with van der Waals surface area (Å²) in [5.41, 5.74) is 1.22. The van der Waals surface area contributed by atoms with E-state index in [9.17, 15) is 4.79 Å². The molecule has 0 unspecified atom stereocenters. The van der Waals surface area contributed by atoms with Gasteiger partial charge < -0.3 is 15.5 Å². The van der Waals surface area contributed by atoms with Crippen LogP contribution in [0.1, 0.15) is 25.8 Å². The molecule has 1 amide bonds. The fraction of sp³-hybridized carbons (Fsp3) is 0.500. The van der Waals surface area contributed by atoms with Crippen molar-refractivity contribution in [1.82, 2.24) is 15.5 Å². The van der Waals surface area contributed by atoms with Crippen molar-refractivity contribution in [2.45, 2.75) is 32.9 Å². The lowest BCUT2D eigenvalue weighted by Crippen LogP contribution is -2.40. The number of nitrogens with zero attached hydrogens (tertiary/aromatic N) is 2. The van der Waals surface area contributed by atoms with Gasteiger partial charge in [0, 0.05) is 39.6 Å². The van der Waals surface area contributed by atoms with Gasteiger partial charge in [-0.05, 0) is 19.4 Å². The van der Waals surface area contributed by atoms with E-state index in [1.54, 1.807) is 7.05 Å². The van der Waals surface area contributed by atoms with E-state index in [1.807, 2.05) is 44.0 Å². The first-order valence-corrected chi connectivity index (χ1v) is 7.28. The van der Waals surface area contributed by atoms with Gasteiger partial charge in [-0.3, -0.25) is 9.79 Å². The van der Waals surface area contributed by atoms with Crippen molar-refractivity contribution in [2.75, 3.05) is 20.6 Å². The van der Waals surface area contributed by atoms with Crippen LogP contribution < -0.4 is 10.6 Å². The molecule has 0 aliphatic heterocycles. The molecule has 6 heteroatoms. The zero-order valence-corrected chi connectivity index (χ0v) is 16.1. The summed E-state index contributed by atoms with van der Waals surface area (Å²) in [5.74, 6) is 0.842. The van der Waals surface area contributed by atoms with Gasteiger partial charge in [0.05, 0.1) is 0 Å². The topological polar surface area (TPSA) is 56.7 Å². The van der Waals surface area contributed by atoms with Crippen molar-refractivity contribution in [3.8, 4) is 0 Å². The van der Waals surface area contributed by atoms with E-state index in [0.29, 0.717) is 13.0 Å². The van der Waals surface area contributed by atoms with Gasteiger partial charge in [-0.2, -0.15) is 0 Å². The minimum atomic E-state index is 0. The zero-order valence-electron chi connectivity index (χ0n) is 13.8. The van der Waals surface area contributed by atoms with Crippen LogP contribution in [-0.4, -0.2) is 43.4 Å². The van der Waals surface area contributed by atoms with Gasteiger partial charge >= 0.3 is 0 Å². The van der Waals surface area contributed by atoms with Crippen molar-refractivity contribution in [1.29, 1.82) is 0 Å². The molecule has 1 aromatic rings. The smallest absolute Gasteiger partial charge is 0.221 e. The largest absolute Gasteiger partial charge is 0.356 e. The van der Waals surface area contributed by atoms with Gasteiger partial charge in [0.15, 0.2) is 5.96 Å². The molecule has 5 nitrogen and oxygen atoms in total. The van der Waals surface area contributed by atoms with Crippen LogP contribution in [0, 0.1) is 0 Å². The number of halogens is 1. The quantitative estimate of drug-likeness (QED) is 0.423. The van der Waals surface area contributed by atoms with E-state index in [1.165, 1.54) is 5.56 Å². The van der Waals surface area contributed by atoms with Crippen LogP contribution in [-0.2, 0) is 11.3 Å². The number of rotatable bonds is 6. The predicted molar refractivity (Wildman–Crippen MR) is 103 cm³/mol. The minimum Gasteiger partial charge on any atom is -0.356 e. The van der Waals surface area contributed by atoms with Crippen LogP contribution in [0.3, 0.4) is 0 Å². The number of carbonyl (C=O) groups is 1. The summed E-state index contributed by atoms with van der Waals surface area (Å²) in [4.78, 5) is 17.9. The molecule has 0 spiro atoms. The number of guanidine groups is 1. The van der Waals surface area contributed by atoms with E-state index in [-0.39, 0.29) is 35.9 Å². The van der Waals surface area contributed by atoms with Crippen LogP contribution in [0.15, 0.2) is 35.3 Å². The van der Waals surface area contributed by atoms with Gasteiger partial charge in [0.2, 0.25) is 5.91 Å². The Morgan fingerprint density at radius 2 is 1.91 bits per heavy atom. The molecule has 0 aliphatic rings. The highest BCUT2D eigenvalue weighted by Gasteiger charge is 2.08. The number of aliphatic imine (C=N–C) groups is 1. The highest BCUT2D eigenvalue weighted by atomic mass is 127. The van der Waals surface area contributed by atoms with Gasteiger partial charge in [-0.1, -0.05) is 30.3 Å². The molecular formula is C16H27IN4O. The second-order valence-electron chi connectivity index (χ2n) is 5.29. The normalized spacial score (nSPS) is 10.9. The molecule has 0 atom stereocenters. The minimum absolute atomic E-state index is 0. The molecule has 0 radical (unpaired) electrons. The maximum atomic E-state index is 11.6. The Balaban J connectivity index is 0.00000441. The van der Waals surface area contributed by atoms with Crippen LogP contribution in [0.2, 0.25) is 0 Å². The summed E-state index contributed by atoms with van der Waals surface area (Å²) in [6.07, 6.45) is 0.441. The van der Waals surface area contributed by atoms with Gasteiger partial charge in [0.25, 0.3) is 0 Å². The number of amides is 1. The van der Waals surface area contributed by atoms with Gasteiger partial charge in [0.1, 0.15) is 0 Å². The average Bonchev–Trinajstić information content (AvgIpc) is 2.43. The first kappa shape index (κ1) is 20.7. The molecular weight excluding hydrogens is 391 g/mol. The molecule has 2 N–H and O–H groups in total. The number of carbonyl (C=O) groups excluding carboxylic acids is 1. The van der Waals surface area contributed by atoms with E-state index < -0.39 is 0 Å². The summed E-state index contributed by atoms with van der Waals surface area (Å²) in [6, 6.07) is 10.4. The number of benzene rings is 1. The van der Waals surface area contributed by atoms with Crippen molar-refractivity contribution in [3.63, 3.8) is 0 Å². The van der Waals surface area contributed by atoms with Crippen molar-refractivity contribution in [3.05, 3.63) is 35.9 Å². The Labute approximate surface area is 150 Å². The molecule has 1 rings (SSSR count). The molecule has 1 aromatic carbocycles. The summed E-state index contributed by atoms with van der Waals surface area (Å²) in [6.45, 7) is 5.26. The highest BCUT2D eigenvalue weighted by molar-refractivity contribution is 14.0. The van der Waals surface area contributed by atoms with E-state index in [0.717, 1.165) is 12.5 Å². The van der Waals surface area contributed by atoms with Crippen LogP contribution >= 0.6 is 24.0 Å². The van der Waals surface area contributed by atoms with E-state index in [2.05, 4.69) is 27.8 Å². The third kappa shape index (κ3) is 8.21. The third-order valence-electron chi connectivity index (χ3n) is 2.92. The molecule has 0 saturated carbocycles. The zero-order chi connectivity index (χ0) is 15.7. The second-order valence-corrected chi connectivity index (χ2v) is 5.29. The molecule has 0 aromatic heterocycles. The fourth-order valence-corrected chi connectivity index (χ4v) is 2.00. The summed E-state index contributed by atoms with van der Waals surface area (Å²) < 4.78 is 0. The van der Waals surface area contributed by atoms with Gasteiger partial charge in [-0.25, -0.2) is 0 Å². The lowest BCUT2D eigenvalue weighted by atomic mass is 10.2. The first-order valence-electron chi connectivity index (χ1n) is 7.28. The maximum absolute atomic E-state index is 11.6. The molecule has 0 bridgehead atoms. The Morgan fingerprint density at radius 1 is 1.27 bits per heavy atom. The van der Waals surface area contributed by atoms with Crippen LogP contribution in [0.5, 0.6) is 0 Å². The summed E-state index contributed by atoms with van der Waals surface area (Å²) in [7, 11) is 3.73. The Hall–Kier alpha value is -1.31. The van der Waals surface area contributed by atoms with Crippen molar-refractivity contribution < 1.29 is 4.79 Å². The molecule has 124 valence electrons. The lowest BCUT2D eigenvalue weighted by molar-refractivity contribution is -0.121. The molecule has 0 fully saturated rings. The summed E-state index contributed by atoms with van der Waals surface area (Å²) >= 11 is 0. The van der Waals surface area contributed by atoms with E-state index in [4.69, 9.17) is 0 Å². The third-order valence-corrected chi connectivity index (χ3v) is 2.92. The monoisotopic (exact) mass is 418 g/mol. The molecule has 0 saturated heterocycles. The average molecular weight is 418 g/mol. The Morgan fingerprint density at radius 3 is 2.45 bits per heavy atom. The Kier molecular flexibility index (Phi) is 10.6. The fourth-order valence-electron chi connectivity index (χ4n) is 2.00. The second kappa shape index (κ2) is 11.3. The molecule has 22 heavy (non-hydrogen) atoms. The Bertz CT molecular complexity index is 462. The van der Waals surface area contributed by atoms with Crippen LogP contribution in [0.25, 0.3) is 0 Å². The first-order chi connectivity index (χ1) is 10.0. The standard InChI is InChI=1S/C16H26N4O.HI/c1-13(2)19-15(21)10-11-18-16(17-3)20(4)12-14-8-6-5-7-9-14;/h5-9,13H,10-12H2,1-4H3,(H,17,18)(H,19,21);1H. The van der Waals surface area contributed by atoms with Crippen molar-refractivity contribution in [2.24, 2.45) is 4.99 Å². The number of hydrogen-bond acceptors (Lipinski definition) is 2. The highest BCUT2D eigenvalue weighted by Crippen LogP contribution is 2.02. The van der Waals surface area contributed by atoms with Crippen molar-refractivity contribution >= 4 is 35.8 Å². The molecule has 0 heterocycles. The maximum Gasteiger partial charge on any atom is 0.221 e. The van der Waals surface area contributed by atoms with Gasteiger partial charge in [-0.15, -0.1) is 24.0 Å². The van der Waals surface area contributed by atoms with Crippen LogP contribution in [0.4, 0.5) is 0 Å². The molecule has 0 aliphatic carbocycles. The number of nitrogens with one attached hydrogen (secondary N) is 2. The number of hydrogen-bond donors (Lipinski definition) is 2.